The molecule has 0 bridgehead atoms. The quantitative estimate of drug-likeness (QED) is 0.681. The summed E-state index contributed by atoms with van der Waals surface area (Å²) in [5.41, 5.74) is 0. The molecular formula is C13H24N2O3. The van der Waals surface area contributed by atoms with E-state index in [1.54, 1.807) is 0 Å². The van der Waals surface area contributed by atoms with Crippen LogP contribution in [0.1, 0.15) is 27.2 Å². The fourth-order valence-electron chi connectivity index (χ4n) is 2.01. The third kappa shape index (κ3) is 3.98. The van der Waals surface area contributed by atoms with E-state index >= 15 is 0 Å². The van der Waals surface area contributed by atoms with E-state index in [-0.39, 0.29) is 17.8 Å². The molecule has 0 aromatic carbocycles. The van der Waals surface area contributed by atoms with Gasteiger partial charge in [-0.25, -0.2) is 4.79 Å². The van der Waals surface area contributed by atoms with Gasteiger partial charge in [0.05, 0.1) is 7.11 Å². The summed E-state index contributed by atoms with van der Waals surface area (Å²) in [7, 11) is 1.35. The molecule has 1 fully saturated rings. The minimum atomic E-state index is -0.530. The summed E-state index contributed by atoms with van der Waals surface area (Å²) in [6.45, 7) is 7.69. The molecule has 104 valence electrons. The number of carbonyl (C=O) groups is 2. The number of ether oxygens (including phenoxy) is 1. The normalized spacial score (nSPS) is 18.9. The number of carbonyl (C=O) groups excluding carboxylic acids is 2. The van der Waals surface area contributed by atoms with Crippen LogP contribution in [-0.2, 0) is 14.3 Å². The molecule has 1 unspecified atom stereocenters. The van der Waals surface area contributed by atoms with E-state index in [9.17, 15) is 9.59 Å². The zero-order valence-electron chi connectivity index (χ0n) is 11.7. The van der Waals surface area contributed by atoms with E-state index in [4.69, 9.17) is 4.74 Å². The van der Waals surface area contributed by atoms with E-state index < -0.39 is 6.04 Å². The molecule has 1 aliphatic rings. The minimum absolute atomic E-state index is 0.0578. The highest BCUT2D eigenvalue weighted by Gasteiger charge is 2.31. The Morgan fingerprint density at radius 3 is 2.33 bits per heavy atom. The largest absolute Gasteiger partial charge is 0.467 e. The Morgan fingerprint density at radius 1 is 1.33 bits per heavy atom. The number of hydrogen-bond acceptors (Lipinski definition) is 4. The lowest BCUT2D eigenvalue weighted by molar-refractivity contribution is -0.146. The highest BCUT2D eigenvalue weighted by atomic mass is 16.5. The molecule has 1 heterocycles. The Kier molecular flexibility index (Phi) is 5.59. The highest BCUT2D eigenvalue weighted by Crippen LogP contribution is 2.16. The van der Waals surface area contributed by atoms with Gasteiger partial charge >= 0.3 is 5.97 Å². The van der Waals surface area contributed by atoms with E-state index in [1.165, 1.54) is 7.11 Å². The molecule has 1 amide bonds. The number of rotatable bonds is 6. The summed E-state index contributed by atoms with van der Waals surface area (Å²) in [5.74, 6) is 0.219. The van der Waals surface area contributed by atoms with E-state index in [0.29, 0.717) is 18.3 Å². The maximum Gasteiger partial charge on any atom is 0.328 e. The summed E-state index contributed by atoms with van der Waals surface area (Å²) in [4.78, 5) is 23.7. The lowest BCUT2D eigenvalue weighted by atomic mass is 9.88. The SMILES string of the molecule is COC(=O)[C@H](CC(C)C)NC(=O)C(C)C1CNC1. The van der Waals surface area contributed by atoms with Crippen molar-refractivity contribution in [2.45, 2.75) is 33.2 Å². The van der Waals surface area contributed by atoms with Crippen molar-refractivity contribution < 1.29 is 14.3 Å². The monoisotopic (exact) mass is 256 g/mol. The van der Waals surface area contributed by atoms with Gasteiger partial charge in [0.15, 0.2) is 0 Å². The zero-order valence-corrected chi connectivity index (χ0v) is 11.7. The molecule has 1 aliphatic heterocycles. The van der Waals surface area contributed by atoms with Gasteiger partial charge in [-0.05, 0) is 31.3 Å². The Morgan fingerprint density at radius 2 is 1.94 bits per heavy atom. The predicted octanol–water partition coefficient (Wildman–Crippen LogP) is 0.546. The summed E-state index contributed by atoms with van der Waals surface area (Å²) in [6, 6.07) is -0.530. The minimum Gasteiger partial charge on any atom is -0.467 e. The molecule has 0 aromatic heterocycles. The third-order valence-corrected chi connectivity index (χ3v) is 3.44. The first kappa shape index (κ1) is 15.0. The van der Waals surface area contributed by atoms with Crippen LogP contribution in [0.2, 0.25) is 0 Å². The van der Waals surface area contributed by atoms with Gasteiger partial charge in [0.1, 0.15) is 6.04 Å². The lowest BCUT2D eigenvalue weighted by Gasteiger charge is -2.32. The fourth-order valence-corrected chi connectivity index (χ4v) is 2.01. The molecule has 5 heteroatoms. The predicted molar refractivity (Wildman–Crippen MR) is 68.9 cm³/mol. The van der Waals surface area contributed by atoms with Crippen molar-refractivity contribution in [3.63, 3.8) is 0 Å². The topological polar surface area (TPSA) is 67.4 Å². The van der Waals surface area contributed by atoms with E-state index in [2.05, 4.69) is 10.6 Å². The van der Waals surface area contributed by atoms with Crippen LogP contribution in [0.3, 0.4) is 0 Å². The molecule has 1 rings (SSSR count). The Bertz CT molecular complexity index is 301. The van der Waals surface area contributed by atoms with Crippen molar-refractivity contribution in [2.75, 3.05) is 20.2 Å². The van der Waals surface area contributed by atoms with Gasteiger partial charge in [0.2, 0.25) is 5.91 Å². The Hall–Kier alpha value is -1.10. The first-order chi connectivity index (χ1) is 8.45. The lowest BCUT2D eigenvalue weighted by Crippen LogP contribution is -2.52. The van der Waals surface area contributed by atoms with Crippen LogP contribution in [-0.4, -0.2) is 38.1 Å². The van der Waals surface area contributed by atoms with Crippen LogP contribution in [0.15, 0.2) is 0 Å². The molecule has 2 N–H and O–H groups in total. The first-order valence-corrected chi connectivity index (χ1v) is 6.54. The van der Waals surface area contributed by atoms with Gasteiger partial charge in [-0.15, -0.1) is 0 Å². The summed E-state index contributed by atoms with van der Waals surface area (Å²) < 4.78 is 4.73. The fraction of sp³-hybridized carbons (Fsp3) is 0.846. The standard InChI is InChI=1S/C13H24N2O3/c1-8(2)5-11(13(17)18-4)15-12(16)9(3)10-6-14-7-10/h8-11,14H,5-7H2,1-4H3,(H,15,16)/t9?,11-/m0/s1. The average Bonchev–Trinajstić information content (AvgIpc) is 2.23. The van der Waals surface area contributed by atoms with Crippen LogP contribution in [0.25, 0.3) is 0 Å². The maximum absolute atomic E-state index is 12.0. The molecular weight excluding hydrogens is 232 g/mol. The molecule has 0 aromatic rings. The van der Waals surface area contributed by atoms with Crippen molar-refractivity contribution >= 4 is 11.9 Å². The van der Waals surface area contributed by atoms with Gasteiger partial charge in [0.25, 0.3) is 0 Å². The van der Waals surface area contributed by atoms with E-state index in [1.807, 2.05) is 20.8 Å². The highest BCUT2D eigenvalue weighted by molar-refractivity contribution is 5.85. The smallest absolute Gasteiger partial charge is 0.328 e. The van der Waals surface area contributed by atoms with Crippen molar-refractivity contribution in [1.82, 2.24) is 10.6 Å². The molecule has 18 heavy (non-hydrogen) atoms. The van der Waals surface area contributed by atoms with Gasteiger partial charge in [-0.3, -0.25) is 4.79 Å². The Balaban J connectivity index is 2.52. The summed E-state index contributed by atoms with van der Waals surface area (Å²) in [6.07, 6.45) is 0.605. The first-order valence-electron chi connectivity index (χ1n) is 6.54. The number of amides is 1. The number of nitrogens with one attached hydrogen (secondary N) is 2. The van der Waals surface area contributed by atoms with Crippen LogP contribution in [0.4, 0.5) is 0 Å². The van der Waals surface area contributed by atoms with Gasteiger partial charge < -0.3 is 15.4 Å². The molecule has 0 spiro atoms. The summed E-state index contributed by atoms with van der Waals surface area (Å²) in [5, 5.41) is 5.95. The molecule has 0 radical (unpaired) electrons. The van der Waals surface area contributed by atoms with Crippen molar-refractivity contribution in [2.24, 2.45) is 17.8 Å². The maximum atomic E-state index is 12.0. The molecule has 1 saturated heterocycles. The van der Waals surface area contributed by atoms with Gasteiger partial charge in [0, 0.05) is 5.92 Å². The third-order valence-electron chi connectivity index (χ3n) is 3.44. The number of esters is 1. The van der Waals surface area contributed by atoms with Crippen LogP contribution >= 0.6 is 0 Å². The molecule has 0 saturated carbocycles. The zero-order chi connectivity index (χ0) is 13.7. The Labute approximate surface area is 109 Å². The van der Waals surface area contributed by atoms with Gasteiger partial charge in [-0.1, -0.05) is 20.8 Å². The second-order valence-electron chi connectivity index (χ2n) is 5.42. The second kappa shape index (κ2) is 6.73. The van der Waals surface area contributed by atoms with E-state index in [0.717, 1.165) is 13.1 Å². The second-order valence-corrected chi connectivity index (χ2v) is 5.42. The summed E-state index contributed by atoms with van der Waals surface area (Å²) >= 11 is 0. The van der Waals surface area contributed by atoms with Gasteiger partial charge in [-0.2, -0.15) is 0 Å². The molecule has 2 atom stereocenters. The van der Waals surface area contributed by atoms with Crippen molar-refractivity contribution in [3.8, 4) is 0 Å². The van der Waals surface area contributed by atoms with Crippen LogP contribution in [0.5, 0.6) is 0 Å². The van der Waals surface area contributed by atoms with Crippen molar-refractivity contribution in [1.29, 1.82) is 0 Å². The number of methoxy groups -OCH3 is 1. The van der Waals surface area contributed by atoms with Crippen LogP contribution < -0.4 is 10.6 Å². The number of hydrogen-bond donors (Lipinski definition) is 2. The van der Waals surface area contributed by atoms with Crippen LogP contribution in [0, 0.1) is 17.8 Å². The molecule has 5 nitrogen and oxygen atoms in total. The average molecular weight is 256 g/mol. The van der Waals surface area contributed by atoms with Crippen molar-refractivity contribution in [3.05, 3.63) is 0 Å². The molecule has 0 aliphatic carbocycles.